The lowest BCUT2D eigenvalue weighted by Gasteiger charge is -2.20. The zero-order valence-corrected chi connectivity index (χ0v) is 11.3. The van der Waals surface area contributed by atoms with Crippen molar-refractivity contribution in [3.63, 3.8) is 0 Å². The van der Waals surface area contributed by atoms with Gasteiger partial charge in [0.05, 0.1) is 11.6 Å². The van der Waals surface area contributed by atoms with E-state index in [-0.39, 0.29) is 0 Å². The summed E-state index contributed by atoms with van der Waals surface area (Å²) in [4.78, 5) is 0. The molecule has 1 unspecified atom stereocenters. The van der Waals surface area contributed by atoms with Crippen molar-refractivity contribution in [2.24, 2.45) is 5.73 Å². The summed E-state index contributed by atoms with van der Waals surface area (Å²) in [7, 11) is 1.70. The van der Waals surface area contributed by atoms with Crippen LogP contribution in [-0.4, -0.2) is 13.7 Å². The van der Waals surface area contributed by atoms with Crippen molar-refractivity contribution in [2.75, 3.05) is 13.7 Å². The van der Waals surface area contributed by atoms with Gasteiger partial charge in [-0.15, -0.1) is 0 Å². The highest BCUT2D eigenvalue weighted by Gasteiger charge is 2.17. The van der Waals surface area contributed by atoms with Crippen molar-refractivity contribution >= 4 is 15.9 Å². The number of aryl methyl sites for hydroxylation is 1. The molecule has 0 aliphatic rings. The number of hydrogen-bond acceptors (Lipinski definition) is 2. The van der Waals surface area contributed by atoms with Gasteiger partial charge in [-0.1, -0.05) is 6.92 Å². The Bertz CT molecular complexity index is 363. The summed E-state index contributed by atoms with van der Waals surface area (Å²) in [5, 5.41) is 0. The van der Waals surface area contributed by atoms with Gasteiger partial charge in [0, 0.05) is 5.56 Å². The fourth-order valence-corrected chi connectivity index (χ4v) is 2.51. The van der Waals surface area contributed by atoms with Gasteiger partial charge >= 0.3 is 0 Å². The van der Waals surface area contributed by atoms with Crippen LogP contribution in [0.3, 0.4) is 0 Å². The molecule has 1 atom stereocenters. The molecule has 0 aliphatic heterocycles. The Balaban J connectivity index is 3.43. The van der Waals surface area contributed by atoms with Crippen LogP contribution in [0.15, 0.2) is 10.5 Å². The van der Waals surface area contributed by atoms with Crippen molar-refractivity contribution in [3.05, 3.63) is 27.2 Å². The second kappa shape index (κ2) is 4.99. The maximum atomic E-state index is 5.73. The minimum absolute atomic E-state index is 0.316. The first-order valence-electron chi connectivity index (χ1n) is 5.06. The summed E-state index contributed by atoms with van der Waals surface area (Å²) in [5.74, 6) is 1.23. The Morgan fingerprint density at radius 2 is 2.07 bits per heavy atom. The van der Waals surface area contributed by atoms with Crippen molar-refractivity contribution < 1.29 is 4.74 Å². The molecule has 2 nitrogen and oxygen atoms in total. The maximum absolute atomic E-state index is 5.73. The lowest BCUT2D eigenvalue weighted by Crippen LogP contribution is -2.12. The Morgan fingerprint density at radius 3 is 2.53 bits per heavy atom. The Labute approximate surface area is 99.9 Å². The molecule has 84 valence electrons. The second-order valence-electron chi connectivity index (χ2n) is 3.88. The third-order valence-corrected chi connectivity index (χ3v) is 3.44. The van der Waals surface area contributed by atoms with Crippen LogP contribution in [-0.2, 0) is 0 Å². The molecule has 0 amide bonds. The first-order chi connectivity index (χ1) is 7.02. The molecule has 0 heterocycles. The van der Waals surface area contributed by atoms with Crippen LogP contribution in [0.25, 0.3) is 0 Å². The van der Waals surface area contributed by atoms with E-state index in [1.807, 2.05) is 0 Å². The first kappa shape index (κ1) is 12.5. The molecule has 1 aromatic rings. The maximum Gasteiger partial charge on any atom is 0.136 e. The Hall–Kier alpha value is -0.540. The average molecular weight is 272 g/mol. The third-order valence-electron chi connectivity index (χ3n) is 2.85. The van der Waals surface area contributed by atoms with Crippen LogP contribution in [0.5, 0.6) is 5.75 Å². The normalized spacial score (nSPS) is 12.7. The number of nitrogens with two attached hydrogens (primary N) is 1. The van der Waals surface area contributed by atoms with E-state index in [1.54, 1.807) is 7.11 Å². The molecule has 0 aliphatic carbocycles. The zero-order chi connectivity index (χ0) is 11.6. The van der Waals surface area contributed by atoms with Gasteiger partial charge in [-0.3, -0.25) is 0 Å². The number of ether oxygens (including phenoxy) is 1. The number of rotatable bonds is 3. The summed E-state index contributed by atoms with van der Waals surface area (Å²) in [6.45, 7) is 6.97. The minimum atomic E-state index is 0.316. The Morgan fingerprint density at radius 1 is 1.47 bits per heavy atom. The molecule has 0 saturated heterocycles. The monoisotopic (exact) mass is 271 g/mol. The van der Waals surface area contributed by atoms with E-state index >= 15 is 0 Å². The zero-order valence-electron chi connectivity index (χ0n) is 9.73. The van der Waals surface area contributed by atoms with Crippen molar-refractivity contribution in [1.29, 1.82) is 0 Å². The van der Waals surface area contributed by atoms with Crippen LogP contribution in [0.2, 0.25) is 0 Å². The highest BCUT2D eigenvalue weighted by molar-refractivity contribution is 9.10. The quantitative estimate of drug-likeness (QED) is 0.917. The summed E-state index contributed by atoms with van der Waals surface area (Å²) in [6, 6.07) is 2.08. The molecule has 15 heavy (non-hydrogen) atoms. The lowest BCUT2D eigenvalue weighted by atomic mass is 9.92. The molecule has 1 rings (SSSR count). The van der Waals surface area contributed by atoms with Gasteiger partial charge in [0.2, 0.25) is 0 Å². The van der Waals surface area contributed by atoms with Crippen LogP contribution >= 0.6 is 15.9 Å². The van der Waals surface area contributed by atoms with Crippen LogP contribution in [0.1, 0.15) is 29.5 Å². The van der Waals surface area contributed by atoms with Gasteiger partial charge in [0.25, 0.3) is 0 Å². The summed E-state index contributed by atoms with van der Waals surface area (Å²) >= 11 is 3.52. The number of halogens is 1. The predicted octanol–water partition coefficient (Wildman–Crippen LogP) is 3.14. The van der Waals surface area contributed by atoms with Crippen LogP contribution in [0.4, 0.5) is 0 Å². The van der Waals surface area contributed by atoms with E-state index in [1.165, 1.54) is 16.7 Å². The fraction of sp³-hybridized carbons (Fsp3) is 0.500. The van der Waals surface area contributed by atoms with Gasteiger partial charge in [-0.2, -0.15) is 0 Å². The van der Waals surface area contributed by atoms with E-state index < -0.39 is 0 Å². The molecular weight excluding hydrogens is 254 g/mol. The summed E-state index contributed by atoms with van der Waals surface area (Å²) in [5.41, 5.74) is 9.47. The van der Waals surface area contributed by atoms with E-state index in [9.17, 15) is 0 Å². The van der Waals surface area contributed by atoms with E-state index in [0.29, 0.717) is 12.5 Å². The molecule has 1 aromatic carbocycles. The second-order valence-corrected chi connectivity index (χ2v) is 4.74. The molecule has 0 spiro atoms. The van der Waals surface area contributed by atoms with Gasteiger partial charge in [0.15, 0.2) is 0 Å². The summed E-state index contributed by atoms with van der Waals surface area (Å²) < 4.78 is 6.44. The van der Waals surface area contributed by atoms with E-state index in [0.717, 1.165) is 10.2 Å². The molecule has 2 N–H and O–H groups in total. The first-order valence-corrected chi connectivity index (χ1v) is 5.85. The smallest absolute Gasteiger partial charge is 0.136 e. The van der Waals surface area contributed by atoms with Gasteiger partial charge in [0.1, 0.15) is 5.75 Å². The molecule has 0 saturated carbocycles. The molecule has 0 fully saturated rings. The standard InChI is InChI=1S/C12H18BrNO/c1-7-5-10(13)12(15-4)11(9(7)3)8(2)6-14/h5,8H,6,14H2,1-4H3. The van der Waals surface area contributed by atoms with E-state index in [2.05, 4.69) is 42.8 Å². The van der Waals surface area contributed by atoms with Crippen molar-refractivity contribution in [2.45, 2.75) is 26.7 Å². The predicted molar refractivity (Wildman–Crippen MR) is 67.6 cm³/mol. The van der Waals surface area contributed by atoms with E-state index in [4.69, 9.17) is 10.5 Å². The molecule has 0 radical (unpaired) electrons. The number of hydrogen-bond donors (Lipinski definition) is 1. The highest BCUT2D eigenvalue weighted by Crippen LogP contribution is 2.37. The van der Waals surface area contributed by atoms with Crippen molar-refractivity contribution in [3.8, 4) is 5.75 Å². The molecular formula is C12H18BrNO. The SMILES string of the molecule is COc1c(Br)cc(C)c(C)c1C(C)CN. The van der Waals surface area contributed by atoms with Gasteiger partial charge < -0.3 is 10.5 Å². The summed E-state index contributed by atoms with van der Waals surface area (Å²) in [6.07, 6.45) is 0. The molecule has 0 aromatic heterocycles. The lowest BCUT2D eigenvalue weighted by molar-refractivity contribution is 0.403. The molecule has 3 heteroatoms. The van der Waals surface area contributed by atoms with Gasteiger partial charge in [-0.25, -0.2) is 0 Å². The van der Waals surface area contributed by atoms with Crippen LogP contribution in [0, 0.1) is 13.8 Å². The number of methoxy groups -OCH3 is 1. The average Bonchev–Trinajstić information content (AvgIpc) is 2.21. The highest BCUT2D eigenvalue weighted by atomic mass is 79.9. The Kier molecular flexibility index (Phi) is 4.17. The minimum Gasteiger partial charge on any atom is -0.495 e. The molecule has 0 bridgehead atoms. The van der Waals surface area contributed by atoms with Crippen molar-refractivity contribution in [1.82, 2.24) is 0 Å². The third kappa shape index (κ3) is 2.34. The van der Waals surface area contributed by atoms with Crippen LogP contribution < -0.4 is 10.5 Å². The topological polar surface area (TPSA) is 35.2 Å². The number of benzene rings is 1. The van der Waals surface area contributed by atoms with Gasteiger partial charge in [-0.05, 0) is 59.4 Å². The fourth-order valence-electron chi connectivity index (χ4n) is 1.79. The largest absolute Gasteiger partial charge is 0.495 e.